The minimum absolute atomic E-state index is 0.866. The number of rotatable bonds is 7. The van der Waals surface area contributed by atoms with Crippen molar-refractivity contribution in [3.05, 3.63) is 237 Å². The summed E-state index contributed by atoms with van der Waals surface area (Å²) in [6, 6.07) is 85.4. The smallest absolute Gasteiger partial charge is 0.145 e. The number of benzene rings is 11. The van der Waals surface area contributed by atoms with Gasteiger partial charge in [0.05, 0.1) is 11.1 Å². The van der Waals surface area contributed by atoms with Gasteiger partial charge in [0.1, 0.15) is 11.2 Å². The largest absolute Gasteiger partial charge is 0.455 e. The average Bonchev–Trinajstić information content (AvgIpc) is 3.75. The molecule has 1 aromatic heterocycles. The van der Waals surface area contributed by atoms with Gasteiger partial charge < -0.3 is 9.32 Å². The number of hydrogen-bond acceptors (Lipinski definition) is 2. The lowest BCUT2D eigenvalue weighted by Gasteiger charge is -2.27. The van der Waals surface area contributed by atoms with E-state index in [1.807, 2.05) is 0 Å². The zero-order valence-corrected chi connectivity index (χ0v) is 33.9. The van der Waals surface area contributed by atoms with E-state index in [9.17, 15) is 0 Å². The van der Waals surface area contributed by atoms with E-state index in [0.29, 0.717) is 0 Å². The highest BCUT2D eigenvalue weighted by Gasteiger charge is 2.23. The molecule has 1 heterocycles. The van der Waals surface area contributed by atoms with Gasteiger partial charge in [0.25, 0.3) is 0 Å². The van der Waals surface area contributed by atoms with Gasteiger partial charge in [-0.15, -0.1) is 0 Å². The topological polar surface area (TPSA) is 16.4 Å². The lowest BCUT2D eigenvalue weighted by molar-refractivity contribution is 0.670. The molecule has 0 atom stereocenters. The van der Waals surface area contributed by atoms with Crippen LogP contribution in [-0.2, 0) is 0 Å². The van der Waals surface area contributed by atoms with Crippen molar-refractivity contribution in [3.63, 3.8) is 0 Å². The quantitative estimate of drug-likeness (QED) is 0.150. The van der Waals surface area contributed by atoms with Gasteiger partial charge in [-0.05, 0) is 126 Å². The molecule has 0 unspecified atom stereocenters. The van der Waals surface area contributed by atoms with Crippen LogP contribution in [0.25, 0.3) is 98.8 Å². The molecule has 0 fully saturated rings. The normalized spacial score (nSPS) is 11.5. The van der Waals surface area contributed by atoms with E-state index in [0.717, 1.165) is 55.7 Å². The highest BCUT2D eigenvalue weighted by molar-refractivity contribution is 6.18. The highest BCUT2D eigenvalue weighted by Crippen LogP contribution is 2.47. The molecule has 2 heteroatoms. The zero-order chi connectivity index (χ0) is 41.0. The molecule has 0 aliphatic rings. The Balaban J connectivity index is 1.02. The Morgan fingerprint density at radius 2 is 0.806 bits per heavy atom. The van der Waals surface area contributed by atoms with Gasteiger partial charge in [-0.1, -0.05) is 182 Å². The number of furan rings is 1. The van der Waals surface area contributed by atoms with Crippen molar-refractivity contribution in [2.24, 2.45) is 0 Å². The van der Waals surface area contributed by atoms with Crippen LogP contribution in [0, 0.1) is 0 Å². The lowest BCUT2D eigenvalue weighted by Crippen LogP contribution is -2.10. The van der Waals surface area contributed by atoms with E-state index < -0.39 is 0 Å². The molecule has 0 saturated carbocycles. The van der Waals surface area contributed by atoms with Crippen LogP contribution in [0.1, 0.15) is 0 Å². The van der Waals surface area contributed by atoms with Crippen LogP contribution >= 0.6 is 0 Å². The van der Waals surface area contributed by atoms with Crippen LogP contribution in [0.4, 0.5) is 17.1 Å². The van der Waals surface area contributed by atoms with Crippen molar-refractivity contribution in [1.82, 2.24) is 0 Å². The Labute approximate surface area is 360 Å². The summed E-state index contributed by atoms with van der Waals surface area (Å²) < 4.78 is 6.86. The predicted molar refractivity (Wildman–Crippen MR) is 263 cm³/mol. The molecule has 0 spiro atoms. The second-order valence-corrected chi connectivity index (χ2v) is 16.1. The first-order valence-corrected chi connectivity index (χ1v) is 21.2. The molecule has 62 heavy (non-hydrogen) atoms. The van der Waals surface area contributed by atoms with E-state index in [2.05, 4.69) is 241 Å². The van der Waals surface area contributed by atoms with Gasteiger partial charge in [0.2, 0.25) is 0 Å². The monoisotopic (exact) mass is 789 g/mol. The zero-order valence-electron chi connectivity index (χ0n) is 33.9. The van der Waals surface area contributed by atoms with Gasteiger partial charge in [0, 0.05) is 22.3 Å². The summed E-state index contributed by atoms with van der Waals surface area (Å²) in [5.74, 6) is 0. The molecule has 11 aromatic carbocycles. The fourth-order valence-electron chi connectivity index (χ4n) is 9.38. The second kappa shape index (κ2) is 14.8. The Morgan fingerprint density at radius 3 is 1.52 bits per heavy atom. The van der Waals surface area contributed by atoms with Crippen molar-refractivity contribution in [2.75, 3.05) is 4.90 Å². The molecule has 0 bridgehead atoms. The summed E-state index contributed by atoms with van der Waals surface area (Å²) in [5, 5.41) is 9.61. The Morgan fingerprint density at radius 1 is 0.290 bits per heavy atom. The summed E-state index contributed by atoms with van der Waals surface area (Å²) in [4.78, 5) is 2.39. The van der Waals surface area contributed by atoms with Gasteiger partial charge in [-0.2, -0.15) is 0 Å². The van der Waals surface area contributed by atoms with Crippen LogP contribution < -0.4 is 4.90 Å². The van der Waals surface area contributed by atoms with Crippen LogP contribution in [0.2, 0.25) is 0 Å². The standard InChI is InChI=1S/C60H39NO/c1-2-12-40(13-3-1)42-22-24-43(25-23-42)44-28-32-49(33-29-44)61(50-34-30-45(31-35-50)56-39-47-16-6-7-17-51(47)53-18-8-9-19-54(53)56)57-37-36-52(48-27-26-41-14-4-5-15-46(41)38-48)60-59(57)55-20-10-11-21-58(55)62-60/h1-39H. The van der Waals surface area contributed by atoms with Gasteiger partial charge >= 0.3 is 0 Å². The third kappa shape index (κ3) is 6.12. The molecule has 0 radical (unpaired) electrons. The molecule has 0 aliphatic heterocycles. The third-order valence-electron chi connectivity index (χ3n) is 12.5. The third-order valence-corrected chi connectivity index (χ3v) is 12.5. The van der Waals surface area contributed by atoms with Crippen LogP contribution in [0.5, 0.6) is 0 Å². The Bertz CT molecular complexity index is 3600. The maximum atomic E-state index is 6.86. The minimum atomic E-state index is 0.866. The molecule has 0 aliphatic carbocycles. The van der Waals surface area contributed by atoms with Crippen molar-refractivity contribution >= 4 is 71.3 Å². The molecular weight excluding hydrogens is 751 g/mol. The minimum Gasteiger partial charge on any atom is -0.455 e. The van der Waals surface area contributed by atoms with E-state index in [-0.39, 0.29) is 0 Å². The van der Waals surface area contributed by atoms with Crippen molar-refractivity contribution in [1.29, 1.82) is 0 Å². The van der Waals surface area contributed by atoms with Gasteiger partial charge in [0.15, 0.2) is 0 Å². The number of fused-ring (bicyclic) bond motifs is 7. The van der Waals surface area contributed by atoms with Crippen LogP contribution in [0.3, 0.4) is 0 Å². The SMILES string of the molecule is c1ccc(-c2ccc(-c3ccc(N(c4ccc(-c5cc6ccccc6c6ccccc56)cc4)c4ccc(-c5ccc6ccccc6c5)c5oc6ccccc6c45)cc3)cc2)cc1. The molecule has 0 saturated heterocycles. The molecule has 12 aromatic rings. The predicted octanol–water partition coefficient (Wildman–Crippen LogP) is 17.2. The van der Waals surface area contributed by atoms with Crippen molar-refractivity contribution in [3.8, 4) is 44.5 Å². The molecule has 2 nitrogen and oxygen atoms in total. The van der Waals surface area contributed by atoms with E-state index in [1.165, 1.54) is 60.1 Å². The van der Waals surface area contributed by atoms with Gasteiger partial charge in [-0.25, -0.2) is 0 Å². The van der Waals surface area contributed by atoms with E-state index in [1.54, 1.807) is 0 Å². The fourth-order valence-corrected chi connectivity index (χ4v) is 9.38. The molecule has 290 valence electrons. The summed E-state index contributed by atoms with van der Waals surface area (Å²) in [6.45, 7) is 0. The Hall–Kier alpha value is -8.20. The highest BCUT2D eigenvalue weighted by atomic mass is 16.3. The average molecular weight is 790 g/mol. The number of anilines is 3. The maximum Gasteiger partial charge on any atom is 0.145 e. The summed E-state index contributed by atoms with van der Waals surface area (Å²) in [5.41, 5.74) is 14.3. The van der Waals surface area contributed by atoms with Crippen molar-refractivity contribution in [2.45, 2.75) is 0 Å². The van der Waals surface area contributed by atoms with Gasteiger partial charge in [-0.3, -0.25) is 0 Å². The maximum absolute atomic E-state index is 6.86. The molecule has 0 N–H and O–H groups in total. The fraction of sp³-hybridized carbons (Fsp3) is 0. The van der Waals surface area contributed by atoms with Crippen molar-refractivity contribution < 1.29 is 4.42 Å². The Kier molecular flexibility index (Phi) is 8.53. The summed E-state index contributed by atoms with van der Waals surface area (Å²) in [6.07, 6.45) is 0. The number of hydrogen-bond donors (Lipinski definition) is 0. The van der Waals surface area contributed by atoms with Crippen LogP contribution in [-0.4, -0.2) is 0 Å². The van der Waals surface area contributed by atoms with E-state index in [4.69, 9.17) is 4.42 Å². The molecule has 12 rings (SSSR count). The number of nitrogens with zero attached hydrogens (tertiary/aromatic N) is 1. The number of para-hydroxylation sites is 1. The lowest BCUT2D eigenvalue weighted by atomic mass is 9.93. The van der Waals surface area contributed by atoms with E-state index >= 15 is 0 Å². The van der Waals surface area contributed by atoms with Crippen LogP contribution in [0.15, 0.2) is 241 Å². The summed E-state index contributed by atoms with van der Waals surface area (Å²) >= 11 is 0. The first kappa shape index (κ1) is 35.7. The first-order chi connectivity index (χ1) is 30.7. The molecule has 0 amide bonds. The first-order valence-electron chi connectivity index (χ1n) is 21.2. The summed E-state index contributed by atoms with van der Waals surface area (Å²) in [7, 11) is 0. The second-order valence-electron chi connectivity index (χ2n) is 16.1. The molecular formula is C60H39NO.